The van der Waals surface area contributed by atoms with Crippen molar-refractivity contribution in [2.75, 3.05) is 11.4 Å². The topological polar surface area (TPSA) is 167 Å². The highest BCUT2D eigenvalue weighted by atomic mass is 35.5. The predicted molar refractivity (Wildman–Crippen MR) is 153 cm³/mol. The van der Waals surface area contributed by atoms with E-state index in [-0.39, 0.29) is 47.3 Å². The zero-order valence-electron chi connectivity index (χ0n) is 21.5. The lowest BCUT2D eigenvalue weighted by Crippen LogP contribution is -2.36. The van der Waals surface area contributed by atoms with Crippen LogP contribution in [0.15, 0.2) is 72.9 Å². The number of nitrogen functional groups attached to an aromatic ring is 1. The second-order valence-corrected chi connectivity index (χ2v) is 9.02. The number of hydrogen-bond donors (Lipinski definition) is 4. The minimum Gasteiger partial charge on any atom is -0.480 e. The van der Waals surface area contributed by atoms with Crippen LogP contribution in [0.25, 0.3) is 10.9 Å². The number of aromatic carboxylic acids is 1. The summed E-state index contributed by atoms with van der Waals surface area (Å²) >= 11 is 0. The first-order valence-electron chi connectivity index (χ1n) is 12.0. The van der Waals surface area contributed by atoms with Crippen LogP contribution in [0, 0.1) is 5.41 Å². The van der Waals surface area contributed by atoms with Crippen LogP contribution in [0.4, 0.5) is 5.69 Å². The summed E-state index contributed by atoms with van der Waals surface area (Å²) in [6, 6.07) is 17.6. The summed E-state index contributed by atoms with van der Waals surface area (Å²) in [5.41, 5.74) is 8.01. The number of aromatic nitrogens is 1. The Morgan fingerprint density at radius 1 is 0.925 bits per heavy atom. The molecule has 0 fully saturated rings. The summed E-state index contributed by atoms with van der Waals surface area (Å²) in [5.74, 6) is -3.45. The Morgan fingerprint density at radius 2 is 1.57 bits per heavy atom. The van der Waals surface area contributed by atoms with Crippen LogP contribution in [0.1, 0.15) is 48.6 Å². The van der Waals surface area contributed by atoms with Crippen molar-refractivity contribution in [1.82, 2.24) is 4.57 Å². The molecular formula is C29H27ClN4O6. The number of nitrogens with two attached hydrogens (primary N) is 1. The zero-order chi connectivity index (χ0) is 28.3. The van der Waals surface area contributed by atoms with Gasteiger partial charge in [0, 0.05) is 41.9 Å². The number of nitrogens with one attached hydrogen (secondary N) is 1. The average Bonchev–Trinajstić information content (AvgIpc) is 3.25. The van der Waals surface area contributed by atoms with Gasteiger partial charge in [-0.05, 0) is 36.2 Å². The largest absolute Gasteiger partial charge is 0.480 e. The maximum atomic E-state index is 13.3. The van der Waals surface area contributed by atoms with Crippen molar-refractivity contribution < 1.29 is 29.4 Å². The first-order chi connectivity index (χ1) is 18.6. The smallest absolute Gasteiger partial charge is 0.336 e. The van der Waals surface area contributed by atoms with Gasteiger partial charge in [-0.1, -0.05) is 42.5 Å². The van der Waals surface area contributed by atoms with Gasteiger partial charge in [-0.3, -0.25) is 24.7 Å². The van der Waals surface area contributed by atoms with Crippen molar-refractivity contribution in [2.45, 2.75) is 12.8 Å². The summed E-state index contributed by atoms with van der Waals surface area (Å²) < 4.78 is 1.72. The number of benzene rings is 3. The minimum atomic E-state index is -1.30. The third-order valence-corrected chi connectivity index (χ3v) is 6.42. The molecule has 0 radical (unpaired) electrons. The number of anilines is 1. The molecule has 1 heterocycles. The summed E-state index contributed by atoms with van der Waals surface area (Å²) in [4.78, 5) is 50.7. The Balaban J connectivity index is 0.00000441. The number of rotatable bonds is 10. The second kappa shape index (κ2) is 12.3. The van der Waals surface area contributed by atoms with Crippen molar-refractivity contribution in [1.29, 1.82) is 5.41 Å². The van der Waals surface area contributed by atoms with E-state index in [1.54, 1.807) is 48.1 Å². The molecule has 0 atom stereocenters. The van der Waals surface area contributed by atoms with Gasteiger partial charge in [0.15, 0.2) is 5.78 Å². The second-order valence-electron chi connectivity index (χ2n) is 9.02. The number of amides is 1. The van der Waals surface area contributed by atoms with Gasteiger partial charge >= 0.3 is 11.9 Å². The van der Waals surface area contributed by atoms with Gasteiger partial charge in [0.05, 0.1) is 16.6 Å². The minimum absolute atomic E-state index is 0. The fourth-order valence-corrected chi connectivity index (χ4v) is 4.42. The van der Waals surface area contributed by atoms with Gasteiger partial charge in [-0.2, -0.15) is 0 Å². The van der Waals surface area contributed by atoms with Crippen molar-refractivity contribution >= 4 is 58.5 Å². The molecule has 0 saturated heterocycles. The molecule has 0 saturated carbocycles. The average molecular weight is 563 g/mol. The molecule has 0 bridgehead atoms. The quantitative estimate of drug-likeness (QED) is 0.128. The number of carboxylic acid groups (broad SMARTS) is 2. The predicted octanol–water partition coefficient (Wildman–Crippen LogP) is 4.13. The molecular weight excluding hydrogens is 536 g/mol. The number of aryl methyl sites for hydroxylation is 2. The Labute approximate surface area is 235 Å². The lowest BCUT2D eigenvalue weighted by molar-refractivity contribution is -0.135. The number of hydrogen-bond acceptors (Lipinski definition) is 5. The van der Waals surface area contributed by atoms with E-state index < -0.39 is 24.4 Å². The first kappa shape index (κ1) is 29.6. The number of ketones is 1. The van der Waals surface area contributed by atoms with Crippen LogP contribution in [-0.2, 0) is 18.3 Å². The molecule has 40 heavy (non-hydrogen) atoms. The Kier molecular flexibility index (Phi) is 9.08. The van der Waals surface area contributed by atoms with Gasteiger partial charge in [-0.25, -0.2) is 4.79 Å². The van der Waals surface area contributed by atoms with Crippen LogP contribution in [0.5, 0.6) is 0 Å². The van der Waals surface area contributed by atoms with E-state index in [0.717, 1.165) is 10.5 Å². The first-order valence-corrected chi connectivity index (χ1v) is 12.0. The molecule has 0 aliphatic heterocycles. The van der Waals surface area contributed by atoms with E-state index in [2.05, 4.69) is 0 Å². The van der Waals surface area contributed by atoms with E-state index in [4.69, 9.17) is 11.1 Å². The van der Waals surface area contributed by atoms with Crippen LogP contribution < -0.4 is 10.6 Å². The molecule has 4 aromatic rings. The van der Waals surface area contributed by atoms with E-state index in [9.17, 15) is 29.4 Å². The molecule has 10 nitrogen and oxygen atoms in total. The summed E-state index contributed by atoms with van der Waals surface area (Å²) in [6.07, 6.45) is 2.43. The Morgan fingerprint density at radius 3 is 2.17 bits per heavy atom. The number of fused-ring (bicyclic) bond motifs is 1. The molecule has 5 N–H and O–H groups in total. The SMILES string of the molecule is Cl.Cn1cc(C(=O)CCc2ccc(C(=N)N)cc2)c2ccc(N(CC(=O)O)C(=O)c3ccccc3C(=O)O)cc21. The standard InChI is InChI=1S/C29H26N4O6.ClH/c1-32-15-23(25(34)13-8-17-6-9-18(10-7-17)27(30)31)20-12-11-19(14-24(20)32)33(16-26(35)36)28(37)21-4-2-3-5-22(21)29(38)39;/h2-7,9-12,14-15H,8,13,16H2,1H3,(H3,30,31)(H,35,36)(H,38,39);1H. The highest BCUT2D eigenvalue weighted by molar-refractivity contribution is 6.14. The summed E-state index contributed by atoms with van der Waals surface area (Å²) in [7, 11) is 1.74. The molecule has 1 amide bonds. The molecule has 206 valence electrons. The Hall–Kier alpha value is -4.96. The van der Waals surface area contributed by atoms with E-state index in [0.29, 0.717) is 28.5 Å². The molecule has 0 unspecified atom stereocenters. The monoisotopic (exact) mass is 562 g/mol. The van der Waals surface area contributed by atoms with Crippen LogP contribution >= 0.6 is 12.4 Å². The van der Waals surface area contributed by atoms with E-state index >= 15 is 0 Å². The zero-order valence-corrected chi connectivity index (χ0v) is 22.3. The fourth-order valence-electron chi connectivity index (χ4n) is 4.42. The van der Waals surface area contributed by atoms with Gasteiger partial charge < -0.3 is 20.5 Å². The molecule has 3 aromatic carbocycles. The van der Waals surface area contributed by atoms with Crippen LogP contribution in [-0.4, -0.2) is 50.8 Å². The number of aliphatic carboxylic acids is 1. The lowest BCUT2D eigenvalue weighted by Gasteiger charge is -2.22. The molecule has 4 rings (SSSR count). The van der Waals surface area contributed by atoms with Crippen molar-refractivity contribution in [3.05, 3.63) is 101 Å². The third-order valence-electron chi connectivity index (χ3n) is 6.42. The number of amidine groups is 1. The molecule has 1 aromatic heterocycles. The molecule has 0 spiro atoms. The molecule has 0 aliphatic rings. The third kappa shape index (κ3) is 6.19. The van der Waals surface area contributed by atoms with Crippen LogP contribution in [0.2, 0.25) is 0 Å². The highest BCUT2D eigenvalue weighted by Gasteiger charge is 2.25. The molecule has 11 heteroatoms. The van der Waals surface area contributed by atoms with Gasteiger partial charge in [0.25, 0.3) is 5.91 Å². The number of Topliss-reactive ketones (excluding diaryl/α,β-unsaturated/α-hetero) is 1. The highest BCUT2D eigenvalue weighted by Crippen LogP contribution is 2.28. The van der Waals surface area contributed by atoms with Crippen molar-refractivity contribution in [3.8, 4) is 0 Å². The summed E-state index contributed by atoms with van der Waals surface area (Å²) in [6.45, 7) is -0.684. The molecule has 0 aliphatic carbocycles. The lowest BCUT2D eigenvalue weighted by atomic mass is 10.0. The van der Waals surface area contributed by atoms with Gasteiger partial charge in [0.1, 0.15) is 12.4 Å². The van der Waals surface area contributed by atoms with Gasteiger partial charge in [-0.15, -0.1) is 12.4 Å². The normalized spacial score (nSPS) is 10.5. The van der Waals surface area contributed by atoms with E-state index in [1.165, 1.54) is 24.3 Å². The Bertz CT molecular complexity index is 1630. The van der Waals surface area contributed by atoms with Crippen molar-refractivity contribution in [2.24, 2.45) is 12.8 Å². The number of carbonyl (C=O) groups excluding carboxylic acids is 2. The number of halogens is 1. The van der Waals surface area contributed by atoms with E-state index in [1.807, 2.05) is 12.1 Å². The number of carboxylic acids is 2. The van der Waals surface area contributed by atoms with Crippen LogP contribution in [0.3, 0.4) is 0 Å². The fraction of sp³-hybridized carbons (Fsp3) is 0.138. The number of nitrogens with zero attached hydrogens (tertiary/aromatic N) is 2. The van der Waals surface area contributed by atoms with Crippen molar-refractivity contribution in [3.63, 3.8) is 0 Å². The van der Waals surface area contributed by atoms with Gasteiger partial charge in [0.2, 0.25) is 0 Å². The summed E-state index contributed by atoms with van der Waals surface area (Å²) in [5, 5.41) is 27.1. The maximum absolute atomic E-state index is 13.3. The maximum Gasteiger partial charge on any atom is 0.336 e. The number of carbonyl (C=O) groups is 4.